The van der Waals surface area contributed by atoms with Gasteiger partial charge in [0.1, 0.15) is 0 Å². The zero-order valence-electron chi connectivity index (χ0n) is 11.6. The summed E-state index contributed by atoms with van der Waals surface area (Å²) >= 11 is 7.14. The van der Waals surface area contributed by atoms with E-state index < -0.39 is 0 Å². The van der Waals surface area contributed by atoms with Gasteiger partial charge in [0.2, 0.25) is 0 Å². The fraction of sp³-hybridized carbons (Fsp3) is 0.625. The molecule has 0 spiro atoms. The van der Waals surface area contributed by atoms with Gasteiger partial charge in [0.15, 0.2) is 0 Å². The number of rotatable bonds is 6. The molecule has 0 amide bonds. The van der Waals surface area contributed by atoms with Gasteiger partial charge in [-0.2, -0.15) is 0 Å². The zero-order valence-corrected chi connectivity index (χ0v) is 14.8. The van der Waals surface area contributed by atoms with E-state index in [-0.39, 0.29) is 0 Å². The van der Waals surface area contributed by atoms with Crippen molar-refractivity contribution in [1.82, 2.24) is 5.32 Å². The summed E-state index contributed by atoms with van der Waals surface area (Å²) in [4.78, 5) is 0. The van der Waals surface area contributed by atoms with Crippen molar-refractivity contribution in [3.63, 3.8) is 0 Å². The molecule has 1 fully saturated rings. The molecular weight excluding hydrogens is 366 g/mol. The molecule has 19 heavy (non-hydrogen) atoms. The van der Waals surface area contributed by atoms with Gasteiger partial charge in [-0.3, -0.25) is 0 Å². The molecule has 2 rings (SSSR count). The van der Waals surface area contributed by atoms with E-state index >= 15 is 0 Å². The van der Waals surface area contributed by atoms with Crippen LogP contribution in [0.5, 0.6) is 0 Å². The Balaban J connectivity index is 1.72. The van der Waals surface area contributed by atoms with Crippen molar-refractivity contribution in [2.75, 3.05) is 6.54 Å². The highest BCUT2D eigenvalue weighted by Crippen LogP contribution is 2.29. The maximum atomic E-state index is 3.64. The Labute approximate surface area is 133 Å². The van der Waals surface area contributed by atoms with Crippen LogP contribution in [0.2, 0.25) is 0 Å². The Morgan fingerprint density at radius 3 is 2.68 bits per heavy atom. The fourth-order valence-corrected chi connectivity index (χ4v) is 4.36. The minimum absolute atomic E-state index is 0.408. The molecule has 0 aromatic heterocycles. The number of hydrogen-bond acceptors (Lipinski definition) is 1. The van der Waals surface area contributed by atoms with E-state index in [1.165, 1.54) is 48.6 Å². The first-order valence-corrected chi connectivity index (χ1v) is 8.93. The van der Waals surface area contributed by atoms with Crippen LogP contribution in [0, 0.1) is 5.92 Å². The van der Waals surface area contributed by atoms with Crippen LogP contribution in [0.3, 0.4) is 0 Å². The van der Waals surface area contributed by atoms with E-state index in [1.807, 2.05) is 0 Å². The molecule has 106 valence electrons. The Morgan fingerprint density at radius 2 is 2.00 bits per heavy atom. The summed E-state index contributed by atoms with van der Waals surface area (Å²) < 4.78 is 2.30. The van der Waals surface area contributed by atoms with Crippen molar-refractivity contribution in [3.05, 3.63) is 32.7 Å². The summed E-state index contributed by atoms with van der Waals surface area (Å²) in [7, 11) is 0. The minimum Gasteiger partial charge on any atom is -0.310 e. The SMILES string of the molecule is CC(NCCCC1CCCC1)c1ccc(Br)cc1Br. The molecule has 1 N–H and O–H groups in total. The minimum atomic E-state index is 0.408. The molecule has 1 aliphatic carbocycles. The van der Waals surface area contributed by atoms with E-state index in [9.17, 15) is 0 Å². The molecule has 1 aromatic rings. The second kappa shape index (κ2) is 7.80. The van der Waals surface area contributed by atoms with E-state index in [1.54, 1.807) is 0 Å². The maximum Gasteiger partial charge on any atom is 0.0302 e. The van der Waals surface area contributed by atoms with E-state index in [2.05, 4.69) is 62.3 Å². The lowest BCUT2D eigenvalue weighted by Gasteiger charge is -2.17. The zero-order chi connectivity index (χ0) is 13.7. The molecule has 0 heterocycles. The lowest BCUT2D eigenvalue weighted by molar-refractivity contribution is 0.456. The van der Waals surface area contributed by atoms with E-state index in [0.717, 1.165) is 16.9 Å². The van der Waals surface area contributed by atoms with Crippen LogP contribution in [0.4, 0.5) is 0 Å². The fourth-order valence-electron chi connectivity index (χ4n) is 2.97. The van der Waals surface area contributed by atoms with Crippen molar-refractivity contribution in [2.45, 2.75) is 51.5 Å². The third kappa shape index (κ3) is 4.87. The highest BCUT2D eigenvalue weighted by Gasteiger charge is 2.14. The average molecular weight is 389 g/mol. The normalized spacial score (nSPS) is 17.8. The molecule has 0 radical (unpaired) electrons. The summed E-state index contributed by atoms with van der Waals surface area (Å²) in [6.45, 7) is 3.36. The van der Waals surface area contributed by atoms with Crippen molar-refractivity contribution in [1.29, 1.82) is 0 Å². The lowest BCUT2D eigenvalue weighted by Crippen LogP contribution is -2.20. The summed E-state index contributed by atoms with van der Waals surface area (Å²) in [5, 5.41) is 3.64. The Morgan fingerprint density at radius 1 is 1.26 bits per heavy atom. The quantitative estimate of drug-likeness (QED) is 0.604. The first kappa shape index (κ1) is 15.5. The van der Waals surface area contributed by atoms with Crippen LogP contribution in [0.15, 0.2) is 27.1 Å². The van der Waals surface area contributed by atoms with Crippen LogP contribution in [-0.2, 0) is 0 Å². The van der Waals surface area contributed by atoms with E-state index in [4.69, 9.17) is 0 Å². The van der Waals surface area contributed by atoms with Gasteiger partial charge in [0.25, 0.3) is 0 Å². The van der Waals surface area contributed by atoms with Gasteiger partial charge < -0.3 is 5.32 Å². The molecule has 0 aliphatic heterocycles. The number of nitrogens with one attached hydrogen (secondary N) is 1. The smallest absolute Gasteiger partial charge is 0.0302 e. The molecule has 1 unspecified atom stereocenters. The standard InChI is InChI=1S/C16H23Br2N/c1-12(15-9-8-14(17)11-16(15)18)19-10-4-7-13-5-2-3-6-13/h8-9,11-13,19H,2-7,10H2,1H3. The van der Waals surface area contributed by atoms with Crippen LogP contribution in [0.1, 0.15) is 57.1 Å². The molecule has 1 aliphatic rings. The van der Waals surface area contributed by atoms with Crippen molar-refractivity contribution in [2.24, 2.45) is 5.92 Å². The summed E-state index contributed by atoms with van der Waals surface area (Å²) in [5.74, 6) is 1.01. The van der Waals surface area contributed by atoms with Gasteiger partial charge in [0.05, 0.1) is 0 Å². The highest BCUT2D eigenvalue weighted by atomic mass is 79.9. The van der Waals surface area contributed by atoms with Gasteiger partial charge in [0, 0.05) is 15.0 Å². The first-order valence-electron chi connectivity index (χ1n) is 7.35. The molecule has 0 bridgehead atoms. The summed E-state index contributed by atoms with van der Waals surface area (Å²) in [6.07, 6.45) is 8.56. The molecule has 1 atom stereocenters. The predicted octanol–water partition coefficient (Wildman–Crippen LogP) is 5.83. The van der Waals surface area contributed by atoms with Gasteiger partial charge in [-0.1, -0.05) is 63.6 Å². The maximum absolute atomic E-state index is 3.64. The molecule has 0 saturated heterocycles. The molecule has 3 heteroatoms. The third-order valence-corrected chi connectivity index (χ3v) is 5.32. The molecular formula is C16H23Br2N. The van der Waals surface area contributed by atoms with Crippen LogP contribution in [-0.4, -0.2) is 6.54 Å². The van der Waals surface area contributed by atoms with Gasteiger partial charge in [-0.15, -0.1) is 0 Å². The number of benzene rings is 1. The van der Waals surface area contributed by atoms with Crippen LogP contribution < -0.4 is 5.32 Å². The van der Waals surface area contributed by atoms with Gasteiger partial charge in [-0.25, -0.2) is 0 Å². The summed E-state index contributed by atoms with van der Waals surface area (Å²) in [5.41, 5.74) is 1.34. The molecule has 1 saturated carbocycles. The van der Waals surface area contributed by atoms with Gasteiger partial charge >= 0.3 is 0 Å². The Bertz CT molecular complexity index is 400. The third-order valence-electron chi connectivity index (χ3n) is 4.14. The monoisotopic (exact) mass is 387 g/mol. The largest absolute Gasteiger partial charge is 0.310 e. The van der Waals surface area contributed by atoms with Crippen molar-refractivity contribution in [3.8, 4) is 0 Å². The summed E-state index contributed by atoms with van der Waals surface area (Å²) in [6, 6.07) is 6.82. The van der Waals surface area contributed by atoms with Crippen LogP contribution in [0.25, 0.3) is 0 Å². The predicted molar refractivity (Wildman–Crippen MR) is 89.5 cm³/mol. The number of halogens is 2. The van der Waals surface area contributed by atoms with Gasteiger partial charge in [-0.05, 0) is 49.9 Å². The first-order chi connectivity index (χ1) is 9.16. The molecule has 1 aromatic carbocycles. The molecule has 1 nitrogen and oxygen atoms in total. The van der Waals surface area contributed by atoms with E-state index in [0.29, 0.717) is 6.04 Å². The second-order valence-electron chi connectivity index (χ2n) is 5.63. The Hall–Kier alpha value is 0.140. The second-order valence-corrected chi connectivity index (χ2v) is 7.40. The Kier molecular flexibility index (Phi) is 6.37. The number of hydrogen-bond donors (Lipinski definition) is 1. The average Bonchev–Trinajstić information content (AvgIpc) is 2.87. The topological polar surface area (TPSA) is 12.0 Å². The highest BCUT2D eigenvalue weighted by molar-refractivity contribution is 9.11. The van der Waals surface area contributed by atoms with Crippen molar-refractivity contribution < 1.29 is 0 Å². The van der Waals surface area contributed by atoms with Crippen LogP contribution >= 0.6 is 31.9 Å². The lowest BCUT2D eigenvalue weighted by atomic mass is 10.0. The van der Waals surface area contributed by atoms with Crippen molar-refractivity contribution >= 4 is 31.9 Å².